The number of aromatic nitrogens is 1. The number of carboxylic acids is 1. The summed E-state index contributed by atoms with van der Waals surface area (Å²) in [6.07, 6.45) is -2.48. The maximum absolute atomic E-state index is 12.9. The molecule has 0 atom stereocenters. The number of pyridine rings is 1. The number of halogens is 4. The van der Waals surface area contributed by atoms with Crippen molar-refractivity contribution in [1.82, 2.24) is 4.98 Å². The predicted octanol–water partition coefficient (Wildman–Crippen LogP) is 6.12. The number of hydrogen-bond acceptors (Lipinski definition) is 6. The number of nitrogens with zero attached hydrogens (tertiary/aromatic N) is 2. The number of furan rings is 1. The fourth-order valence-corrected chi connectivity index (χ4v) is 4.44. The molecule has 3 heterocycles. The van der Waals surface area contributed by atoms with Crippen LogP contribution < -0.4 is 4.90 Å². The largest absolute Gasteiger partial charge is 0.478 e. The molecule has 12 heteroatoms. The molecule has 1 N–H and O–H groups in total. The van der Waals surface area contributed by atoms with Gasteiger partial charge < -0.3 is 9.52 Å². The number of hydrogen-bond donors (Lipinski definition) is 1. The lowest BCUT2D eigenvalue weighted by Crippen LogP contribution is -2.27. The molecule has 1 aliphatic rings. The molecule has 0 unspecified atom stereocenters. The Morgan fingerprint density at radius 2 is 1.91 bits per heavy atom. The highest BCUT2D eigenvalue weighted by Crippen LogP contribution is 2.38. The minimum Gasteiger partial charge on any atom is -0.478 e. The Balaban J connectivity index is 1.58. The Kier molecular flexibility index (Phi) is 6.04. The second-order valence-corrected chi connectivity index (χ2v) is 8.71. The van der Waals surface area contributed by atoms with Crippen LogP contribution in [0.4, 0.5) is 18.9 Å². The first-order chi connectivity index (χ1) is 15.5. The molecule has 4 rings (SSSR count). The van der Waals surface area contributed by atoms with Crippen LogP contribution in [-0.4, -0.2) is 26.3 Å². The van der Waals surface area contributed by atoms with Crippen molar-refractivity contribution in [2.45, 2.75) is 6.18 Å². The molecule has 0 saturated carbocycles. The third kappa shape index (κ3) is 4.65. The Bertz CT molecular complexity index is 1320. The average molecular weight is 511 g/mol. The second-order valence-electron chi connectivity index (χ2n) is 6.62. The summed E-state index contributed by atoms with van der Waals surface area (Å²) < 4.78 is 44.3. The van der Waals surface area contributed by atoms with Gasteiger partial charge in [-0.3, -0.25) is 14.7 Å². The standard InChI is InChI=1S/C21H10ClF3N2O4S2/c22-14-7-11(21(23,24)25)9-26-17(14)15-6-5-13(31-15)8-16-18(28)27(20(32)33-16)12-3-1-10(2-4-12)19(29)30/h1-9H,(H,29,30)/b16-8+. The fraction of sp³-hybridized carbons (Fsp3) is 0.0476. The van der Waals surface area contributed by atoms with Crippen molar-refractivity contribution in [1.29, 1.82) is 0 Å². The van der Waals surface area contributed by atoms with Crippen LogP contribution >= 0.6 is 35.6 Å². The lowest BCUT2D eigenvalue weighted by molar-refractivity contribution is -0.137. The van der Waals surface area contributed by atoms with Crippen molar-refractivity contribution in [3.05, 3.63) is 75.5 Å². The number of thiocarbonyl (C=S) groups is 1. The number of amides is 1. The number of benzene rings is 1. The maximum atomic E-state index is 12.9. The minimum atomic E-state index is -4.58. The summed E-state index contributed by atoms with van der Waals surface area (Å²) in [6.45, 7) is 0. The SMILES string of the molecule is O=C(O)c1ccc(N2C(=O)/C(=C\c3ccc(-c4ncc(C(F)(F)F)cc4Cl)o3)SC2=S)cc1. The number of anilines is 1. The highest BCUT2D eigenvalue weighted by Gasteiger charge is 2.34. The number of thioether (sulfide) groups is 1. The van der Waals surface area contributed by atoms with Crippen molar-refractivity contribution in [3.63, 3.8) is 0 Å². The third-order valence-corrected chi connectivity index (χ3v) is 6.06. The van der Waals surface area contributed by atoms with E-state index in [-0.39, 0.29) is 37.0 Å². The van der Waals surface area contributed by atoms with Crippen LogP contribution in [0.15, 0.2) is 58.0 Å². The molecule has 2 aromatic heterocycles. The zero-order valence-electron chi connectivity index (χ0n) is 16.1. The van der Waals surface area contributed by atoms with Gasteiger partial charge in [0.15, 0.2) is 10.1 Å². The van der Waals surface area contributed by atoms with E-state index in [2.05, 4.69) is 4.98 Å². The molecule has 168 valence electrons. The monoisotopic (exact) mass is 510 g/mol. The Morgan fingerprint density at radius 3 is 2.52 bits per heavy atom. The van der Waals surface area contributed by atoms with Crippen molar-refractivity contribution >= 4 is 63.5 Å². The van der Waals surface area contributed by atoms with Gasteiger partial charge >= 0.3 is 12.1 Å². The molecule has 0 radical (unpaired) electrons. The van der Waals surface area contributed by atoms with E-state index >= 15 is 0 Å². The van der Waals surface area contributed by atoms with E-state index in [4.69, 9.17) is 33.3 Å². The van der Waals surface area contributed by atoms with Gasteiger partial charge in [-0.2, -0.15) is 13.2 Å². The third-order valence-electron chi connectivity index (χ3n) is 4.47. The van der Waals surface area contributed by atoms with Crippen LogP contribution in [0.2, 0.25) is 5.02 Å². The number of rotatable bonds is 4. The quantitative estimate of drug-likeness (QED) is 0.334. The summed E-state index contributed by atoms with van der Waals surface area (Å²) in [7, 11) is 0. The van der Waals surface area contributed by atoms with E-state index in [0.29, 0.717) is 11.9 Å². The Labute approximate surface area is 198 Å². The van der Waals surface area contributed by atoms with E-state index in [1.165, 1.54) is 47.4 Å². The average Bonchev–Trinajstić information content (AvgIpc) is 3.31. The van der Waals surface area contributed by atoms with E-state index in [1.54, 1.807) is 0 Å². The van der Waals surface area contributed by atoms with Crippen molar-refractivity contribution in [2.75, 3.05) is 4.90 Å². The fourth-order valence-electron chi connectivity index (χ4n) is 2.90. The molecular weight excluding hydrogens is 501 g/mol. The Hall–Kier alpha value is -3.15. The van der Waals surface area contributed by atoms with Crippen molar-refractivity contribution < 1.29 is 32.3 Å². The molecule has 1 saturated heterocycles. The molecule has 0 spiro atoms. The molecule has 1 aromatic carbocycles. The molecular formula is C21H10ClF3N2O4S2. The van der Waals surface area contributed by atoms with E-state index < -0.39 is 23.6 Å². The smallest absolute Gasteiger partial charge is 0.417 e. The van der Waals surface area contributed by atoms with E-state index in [1.807, 2.05) is 0 Å². The van der Waals surface area contributed by atoms with Gasteiger partial charge in [-0.15, -0.1) is 0 Å². The number of carbonyl (C=O) groups excluding carboxylic acids is 1. The number of carboxylic acid groups (broad SMARTS) is 1. The van der Waals surface area contributed by atoms with Gasteiger partial charge in [-0.05, 0) is 42.5 Å². The summed E-state index contributed by atoms with van der Waals surface area (Å²) in [5.41, 5.74) is -0.483. The van der Waals surface area contributed by atoms with Gasteiger partial charge in [0.05, 0.1) is 26.7 Å². The highest BCUT2D eigenvalue weighted by molar-refractivity contribution is 8.27. The first kappa shape index (κ1) is 23.0. The molecule has 0 aliphatic carbocycles. The van der Waals surface area contributed by atoms with Crippen LogP contribution in [0.5, 0.6) is 0 Å². The van der Waals surface area contributed by atoms with Crippen LogP contribution in [0.1, 0.15) is 21.7 Å². The second kappa shape index (κ2) is 8.65. The number of alkyl halides is 3. The molecule has 3 aromatic rings. The van der Waals surface area contributed by atoms with Gasteiger partial charge in [0.2, 0.25) is 0 Å². The van der Waals surface area contributed by atoms with Crippen molar-refractivity contribution in [3.8, 4) is 11.5 Å². The summed E-state index contributed by atoms with van der Waals surface area (Å²) in [5.74, 6) is -1.16. The number of aromatic carboxylic acids is 1. The molecule has 1 aliphatic heterocycles. The van der Waals surface area contributed by atoms with E-state index in [9.17, 15) is 22.8 Å². The summed E-state index contributed by atoms with van der Waals surface area (Å²) in [4.78, 5) is 29.1. The van der Waals surface area contributed by atoms with E-state index in [0.717, 1.165) is 17.8 Å². The van der Waals surface area contributed by atoms with Crippen molar-refractivity contribution in [2.24, 2.45) is 0 Å². The summed E-state index contributed by atoms with van der Waals surface area (Å²) >= 11 is 12.3. The summed E-state index contributed by atoms with van der Waals surface area (Å²) in [5, 5.41) is 8.77. The molecule has 0 bridgehead atoms. The summed E-state index contributed by atoms with van der Waals surface area (Å²) in [6, 6.07) is 9.41. The highest BCUT2D eigenvalue weighted by atomic mass is 35.5. The predicted molar refractivity (Wildman–Crippen MR) is 121 cm³/mol. The van der Waals surface area contributed by atoms with Gasteiger partial charge in [-0.1, -0.05) is 35.6 Å². The first-order valence-corrected chi connectivity index (χ1v) is 10.6. The number of carbonyl (C=O) groups is 2. The lowest BCUT2D eigenvalue weighted by Gasteiger charge is -2.14. The normalized spacial score (nSPS) is 15.5. The molecule has 33 heavy (non-hydrogen) atoms. The first-order valence-electron chi connectivity index (χ1n) is 8.99. The van der Waals surface area contributed by atoms with Crippen LogP contribution in [0, 0.1) is 0 Å². The lowest BCUT2D eigenvalue weighted by atomic mass is 10.2. The van der Waals surface area contributed by atoms with Gasteiger partial charge in [0, 0.05) is 12.3 Å². The zero-order chi connectivity index (χ0) is 23.9. The molecule has 6 nitrogen and oxygen atoms in total. The van der Waals surface area contributed by atoms with Crippen LogP contribution in [0.25, 0.3) is 17.5 Å². The van der Waals surface area contributed by atoms with Crippen LogP contribution in [0.3, 0.4) is 0 Å². The van der Waals surface area contributed by atoms with Gasteiger partial charge in [0.1, 0.15) is 11.5 Å². The zero-order valence-corrected chi connectivity index (χ0v) is 18.5. The van der Waals surface area contributed by atoms with Crippen LogP contribution in [-0.2, 0) is 11.0 Å². The van der Waals surface area contributed by atoms with Gasteiger partial charge in [0.25, 0.3) is 5.91 Å². The molecule has 1 fully saturated rings. The molecule has 1 amide bonds. The topological polar surface area (TPSA) is 83.6 Å². The van der Waals surface area contributed by atoms with Gasteiger partial charge in [-0.25, -0.2) is 4.79 Å². The maximum Gasteiger partial charge on any atom is 0.417 e. The Morgan fingerprint density at radius 1 is 1.21 bits per heavy atom. The minimum absolute atomic E-state index is 0.0235.